The van der Waals surface area contributed by atoms with E-state index in [0.29, 0.717) is 18.9 Å². The van der Waals surface area contributed by atoms with Gasteiger partial charge in [-0.2, -0.15) is 0 Å². The van der Waals surface area contributed by atoms with E-state index in [1.165, 1.54) is 18.2 Å². The number of ether oxygens (including phenoxy) is 1. The van der Waals surface area contributed by atoms with E-state index in [2.05, 4.69) is 26.0 Å². The molecule has 0 aliphatic carbocycles. The molecule has 0 spiro atoms. The molecule has 2 rings (SSSR count). The Hall–Kier alpha value is -1.84. The van der Waals surface area contributed by atoms with E-state index < -0.39 is 0 Å². The molecule has 4 nitrogen and oxygen atoms in total. The Bertz CT molecular complexity index is 539. The van der Waals surface area contributed by atoms with Crippen molar-refractivity contribution in [2.45, 2.75) is 39.7 Å². The molecule has 0 saturated heterocycles. The number of methoxy groups -OCH3 is 1. The van der Waals surface area contributed by atoms with Gasteiger partial charge in [0.2, 0.25) is 5.91 Å². The van der Waals surface area contributed by atoms with Crippen LogP contribution in [0, 0.1) is 11.8 Å². The van der Waals surface area contributed by atoms with Gasteiger partial charge in [0, 0.05) is 19.5 Å². The summed E-state index contributed by atoms with van der Waals surface area (Å²) in [5.41, 5.74) is 2.53. The number of amides is 1. The van der Waals surface area contributed by atoms with Crippen LogP contribution in [0.4, 0.5) is 0 Å². The highest BCUT2D eigenvalue weighted by Crippen LogP contribution is 2.22. The van der Waals surface area contributed by atoms with Crippen LogP contribution in [-0.2, 0) is 27.3 Å². The average Bonchev–Trinajstić information content (AvgIpc) is 2.52. The molecule has 0 radical (unpaired) electrons. The molecule has 1 aliphatic heterocycles. The zero-order valence-electron chi connectivity index (χ0n) is 13.7. The molecule has 0 aromatic heterocycles. The van der Waals surface area contributed by atoms with Crippen LogP contribution in [0.1, 0.15) is 37.8 Å². The number of carbonyl (C=O) groups excluding carboxylic acids is 2. The SMILES string of the molecule is COC(=O)C(CC(=O)N1CCc2ccccc2C1)CC(C)C. The van der Waals surface area contributed by atoms with Crippen molar-refractivity contribution in [3.63, 3.8) is 0 Å². The summed E-state index contributed by atoms with van der Waals surface area (Å²) in [6, 6.07) is 8.23. The van der Waals surface area contributed by atoms with Crippen molar-refractivity contribution in [2.75, 3.05) is 13.7 Å². The van der Waals surface area contributed by atoms with E-state index >= 15 is 0 Å². The maximum Gasteiger partial charge on any atom is 0.309 e. The Kier molecular flexibility index (Phi) is 5.58. The monoisotopic (exact) mass is 303 g/mol. The Morgan fingerprint density at radius 2 is 1.91 bits per heavy atom. The molecule has 1 aromatic carbocycles. The predicted octanol–water partition coefficient (Wildman–Crippen LogP) is 2.80. The van der Waals surface area contributed by atoms with Crippen LogP contribution in [0.5, 0.6) is 0 Å². The summed E-state index contributed by atoms with van der Waals surface area (Å²) in [6.45, 7) is 5.48. The van der Waals surface area contributed by atoms with E-state index in [-0.39, 0.29) is 24.2 Å². The Labute approximate surface area is 132 Å². The number of carbonyl (C=O) groups is 2. The highest BCUT2D eigenvalue weighted by molar-refractivity contribution is 5.83. The summed E-state index contributed by atoms with van der Waals surface area (Å²) in [6.07, 6.45) is 1.81. The molecule has 1 unspecified atom stereocenters. The molecule has 1 heterocycles. The van der Waals surface area contributed by atoms with Crippen molar-refractivity contribution in [3.8, 4) is 0 Å². The lowest BCUT2D eigenvalue weighted by molar-refractivity contribution is -0.149. The van der Waals surface area contributed by atoms with Crippen molar-refractivity contribution in [2.24, 2.45) is 11.8 Å². The number of benzene rings is 1. The smallest absolute Gasteiger partial charge is 0.309 e. The number of nitrogens with zero attached hydrogens (tertiary/aromatic N) is 1. The lowest BCUT2D eigenvalue weighted by Crippen LogP contribution is -2.38. The lowest BCUT2D eigenvalue weighted by Gasteiger charge is -2.30. The van der Waals surface area contributed by atoms with Gasteiger partial charge in [-0.3, -0.25) is 9.59 Å². The maximum absolute atomic E-state index is 12.5. The highest BCUT2D eigenvalue weighted by Gasteiger charge is 2.27. The van der Waals surface area contributed by atoms with Crippen LogP contribution in [-0.4, -0.2) is 30.4 Å². The van der Waals surface area contributed by atoms with Crippen LogP contribution >= 0.6 is 0 Å². The van der Waals surface area contributed by atoms with Crippen molar-refractivity contribution < 1.29 is 14.3 Å². The third-order valence-corrected chi connectivity index (χ3v) is 4.19. The molecule has 1 atom stereocenters. The largest absolute Gasteiger partial charge is 0.469 e. The summed E-state index contributed by atoms with van der Waals surface area (Å²) in [7, 11) is 1.39. The first-order chi connectivity index (χ1) is 10.5. The number of hydrogen-bond acceptors (Lipinski definition) is 3. The lowest BCUT2D eigenvalue weighted by atomic mass is 9.93. The standard InChI is InChI=1S/C18H25NO3/c1-13(2)10-16(18(21)22-3)11-17(20)19-9-8-14-6-4-5-7-15(14)12-19/h4-7,13,16H,8-12H2,1-3H3. The second-order valence-electron chi connectivity index (χ2n) is 6.39. The van der Waals surface area contributed by atoms with Gasteiger partial charge in [0.15, 0.2) is 0 Å². The van der Waals surface area contributed by atoms with Gasteiger partial charge in [0.05, 0.1) is 13.0 Å². The molecular weight excluding hydrogens is 278 g/mol. The van der Waals surface area contributed by atoms with Gasteiger partial charge in [-0.1, -0.05) is 38.1 Å². The number of rotatable bonds is 5. The summed E-state index contributed by atoms with van der Waals surface area (Å²) >= 11 is 0. The first-order valence-electron chi connectivity index (χ1n) is 7.93. The van der Waals surface area contributed by atoms with E-state index in [1.807, 2.05) is 17.0 Å². The van der Waals surface area contributed by atoms with Crippen LogP contribution < -0.4 is 0 Å². The molecule has 1 aliphatic rings. The van der Waals surface area contributed by atoms with Gasteiger partial charge in [-0.25, -0.2) is 0 Å². The second kappa shape index (κ2) is 7.43. The van der Waals surface area contributed by atoms with Crippen molar-refractivity contribution in [1.82, 2.24) is 4.90 Å². The molecule has 22 heavy (non-hydrogen) atoms. The molecule has 0 saturated carbocycles. The van der Waals surface area contributed by atoms with E-state index in [9.17, 15) is 9.59 Å². The van der Waals surface area contributed by atoms with Gasteiger partial charge < -0.3 is 9.64 Å². The predicted molar refractivity (Wildman–Crippen MR) is 85.1 cm³/mol. The minimum atomic E-state index is -0.338. The second-order valence-corrected chi connectivity index (χ2v) is 6.39. The van der Waals surface area contributed by atoms with Crippen molar-refractivity contribution >= 4 is 11.9 Å². The zero-order chi connectivity index (χ0) is 16.1. The first-order valence-corrected chi connectivity index (χ1v) is 7.93. The van der Waals surface area contributed by atoms with Crippen molar-refractivity contribution in [1.29, 1.82) is 0 Å². The molecule has 1 aromatic rings. The fourth-order valence-corrected chi connectivity index (χ4v) is 3.05. The minimum Gasteiger partial charge on any atom is -0.469 e. The molecule has 0 fully saturated rings. The van der Waals surface area contributed by atoms with Gasteiger partial charge in [0.1, 0.15) is 0 Å². The zero-order valence-corrected chi connectivity index (χ0v) is 13.7. The Morgan fingerprint density at radius 3 is 2.55 bits per heavy atom. The Morgan fingerprint density at radius 1 is 1.23 bits per heavy atom. The number of hydrogen-bond donors (Lipinski definition) is 0. The molecule has 120 valence electrons. The van der Waals surface area contributed by atoms with E-state index in [4.69, 9.17) is 4.74 Å². The van der Waals surface area contributed by atoms with Crippen LogP contribution in [0.15, 0.2) is 24.3 Å². The first kappa shape index (κ1) is 16.5. The normalized spacial score (nSPS) is 15.4. The van der Waals surface area contributed by atoms with Gasteiger partial charge in [-0.05, 0) is 29.9 Å². The molecule has 0 N–H and O–H groups in total. The summed E-state index contributed by atoms with van der Waals surface area (Å²) in [5.74, 6) is -0.210. The highest BCUT2D eigenvalue weighted by atomic mass is 16.5. The van der Waals surface area contributed by atoms with Gasteiger partial charge in [-0.15, -0.1) is 0 Å². The fourth-order valence-electron chi connectivity index (χ4n) is 3.05. The van der Waals surface area contributed by atoms with E-state index in [0.717, 1.165) is 13.0 Å². The van der Waals surface area contributed by atoms with Crippen LogP contribution in [0.2, 0.25) is 0 Å². The third-order valence-electron chi connectivity index (χ3n) is 4.19. The molecule has 0 bridgehead atoms. The third kappa shape index (κ3) is 4.09. The molecule has 4 heteroatoms. The quantitative estimate of drug-likeness (QED) is 0.786. The number of fused-ring (bicyclic) bond motifs is 1. The maximum atomic E-state index is 12.5. The van der Waals surface area contributed by atoms with Crippen molar-refractivity contribution in [3.05, 3.63) is 35.4 Å². The summed E-state index contributed by atoms with van der Waals surface area (Å²) < 4.78 is 4.85. The minimum absolute atomic E-state index is 0.0468. The summed E-state index contributed by atoms with van der Waals surface area (Å²) in [4.78, 5) is 26.3. The Balaban J connectivity index is 2.00. The topological polar surface area (TPSA) is 46.6 Å². The van der Waals surface area contributed by atoms with Crippen LogP contribution in [0.25, 0.3) is 0 Å². The fraction of sp³-hybridized carbons (Fsp3) is 0.556. The summed E-state index contributed by atoms with van der Waals surface area (Å²) in [5, 5.41) is 0. The molecule has 1 amide bonds. The van der Waals surface area contributed by atoms with Crippen LogP contribution in [0.3, 0.4) is 0 Å². The number of esters is 1. The van der Waals surface area contributed by atoms with Gasteiger partial charge in [0.25, 0.3) is 0 Å². The average molecular weight is 303 g/mol. The molecular formula is C18H25NO3. The van der Waals surface area contributed by atoms with Gasteiger partial charge >= 0.3 is 5.97 Å². The van der Waals surface area contributed by atoms with E-state index in [1.54, 1.807) is 0 Å².